The first-order valence-corrected chi connectivity index (χ1v) is 9.70. The zero-order chi connectivity index (χ0) is 18.8. The normalized spacial score (nSPS) is 17.1. The molecule has 27 heavy (non-hydrogen) atoms. The molecule has 1 saturated heterocycles. The largest absolute Gasteiger partial charge is 0.329 e. The van der Waals surface area contributed by atoms with Crippen LogP contribution in [0, 0.1) is 0 Å². The van der Waals surface area contributed by atoms with Gasteiger partial charge >= 0.3 is 0 Å². The van der Waals surface area contributed by atoms with Crippen molar-refractivity contribution in [2.45, 2.75) is 45.8 Å². The van der Waals surface area contributed by atoms with Gasteiger partial charge in [0, 0.05) is 37.6 Å². The molecule has 2 aliphatic rings. The molecular formula is C20H25N5O2. The summed E-state index contributed by atoms with van der Waals surface area (Å²) in [7, 11) is 0. The smallest absolute Gasteiger partial charge is 0.255 e. The van der Waals surface area contributed by atoms with Crippen molar-refractivity contribution in [3.8, 4) is 0 Å². The van der Waals surface area contributed by atoms with E-state index in [1.165, 1.54) is 12.8 Å². The van der Waals surface area contributed by atoms with E-state index < -0.39 is 0 Å². The molecule has 4 heterocycles. The van der Waals surface area contributed by atoms with Gasteiger partial charge in [0.15, 0.2) is 0 Å². The van der Waals surface area contributed by atoms with Gasteiger partial charge in [0.1, 0.15) is 5.82 Å². The minimum Gasteiger partial charge on any atom is -0.329 e. The number of pyridine rings is 1. The number of aromatic nitrogens is 3. The lowest BCUT2D eigenvalue weighted by molar-refractivity contribution is 0.0702. The Morgan fingerprint density at radius 3 is 2.63 bits per heavy atom. The van der Waals surface area contributed by atoms with Crippen LogP contribution in [0.2, 0.25) is 0 Å². The summed E-state index contributed by atoms with van der Waals surface area (Å²) in [6.07, 6.45) is 4.90. The third-order valence-corrected chi connectivity index (χ3v) is 5.37. The van der Waals surface area contributed by atoms with E-state index in [1.54, 1.807) is 21.7 Å². The highest BCUT2D eigenvalue weighted by Gasteiger charge is 2.24. The molecule has 0 bridgehead atoms. The zero-order valence-electron chi connectivity index (χ0n) is 15.7. The molecule has 1 amide bonds. The first-order chi connectivity index (χ1) is 13.1. The molecule has 1 fully saturated rings. The number of likely N-dealkylation sites (tertiary alicyclic amines) is 1. The van der Waals surface area contributed by atoms with Crippen LogP contribution in [-0.4, -0.2) is 49.9 Å². The number of aryl methyl sites for hydroxylation is 1. The van der Waals surface area contributed by atoms with Crippen molar-refractivity contribution in [3.63, 3.8) is 0 Å². The van der Waals surface area contributed by atoms with Crippen molar-refractivity contribution in [1.82, 2.24) is 24.3 Å². The van der Waals surface area contributed by atoms with Gasteiger partial charge in [-0.2, -0.15) is 0 Å². The minimum absolute atomic E-state index is 0.0183. The Hall–Kier alpha value is -2.54. The number of carbonyl (C=O) groups excluding carboxylic acids is 1. The molecule has 7 nitrogen and oxygen atoms in total. The van der Waals surface area contributed by atoms with Crippen molar-refractivity contribution in [2.75, 3.05) is 19.6 Å². The summed E-state index contributed by atoms with van der Waals surface area (Å²) in [6.45, 7) is 6.22. The second-order valence-corrected chi connectivity index (χ2v) is 7.26. The Balaban J connectivity index is 1.53. The first kappa shape index (κ1) is 17.9. The number of hydrogen-bond acceptors (Lipinski definition) is 5. The fourth-order valence-electron chi connectivity index (χ4n) is 3.80. The zero-order valence-corrected chi connectivity index (χ0v) is 15.7. The van der Waals surface area contributed by atoms with Gasteiger partial charge in [-0.3, -0.25) is 24.0 Å². The third-order valence-electron chi connectivity index (χ3n) is 5.37. The summed E-state index contributed by atoms with van der Waals surface area (Å²) < 4.78 is 1.69. The van der Waals surface area contributed by atoms with Gasteiger partial charge in [-0.1, -0.05) is 6.92 Å². The molecule has 0 radical (unpaired) electrons. The molecule has 4 rings (SSSR count). The van der Waals surface area contributed by atoms with Crippen molar-refractivity contribution in [3.05, 3.63) is 57.5 Å². The van der Waals surface area contributed by atoms with Gasteiger partial charge in [-0.25, -0.2) is 4.98 Å². The van der Waals surface area contributed by atoms with Crippen LogP contribution in [0.25, 0.3) is 0 Å². The number of amides is 1. The highest BCUT2D eigenvalue weighted by atomic mass is 16.2. The monoisotopic (exact) mass is 367 g/mol. The Kier molecular flexibility index (Phi) is 5.03. The van der Waals surface area contributed by atoms with Crippen molar-refractivity contribution >= 4 is 5.91 Å². The molecule has 7 heteroatoms. The van der Waals surface area contributed by atoms with E-state index in [2.05, 4.69) is 9.88 Å². The lowest BCUT2D eigenvalue weighted by Crippen LogP contribution is -2.43. The summed E-state index contributed by atoms with van der Waals surface area (Å²) in [4.78, 5) is 38.4. The summed E-state index contributed by atoms with van der Waals surface area (Å²) in [5.74, 6) is 0.616. The van der Waals surface area contributed by atoms with Crippen molar-refractivity contribution in [2.24, 2.45) is 0 Å². The second kappa shape index (κ2) is 7.60. The second-order valence-electron chi connectivity index (χ2n) is 7.26. The summed E-state index contributed by atoms with van der Waals surface area (Å²) in [5.41, 5.74) is 2.33. The summed E-state index contributed by atoms with van der Waals surface area (Å²) in [5, 5.41) is 0. The lowest BCUT2D eigenvalue weighted by atomic mass is 10.2. The van der Waals surface area contributed by atoms with E-state index in [9.17, 15) is 9.59 Å². The van der Waals surface area contributed by atoms with Gasteiger partial charge in [0.05, 0.1) is 17.8 Å². The first-order valence-electron chi connectivity index (χ1n) is 9.70. The van der Waals surface area contributed by atoms with E-state index in [0.717, 1.165) is 30.9 Å². The topological polar surface area (TPSA) is 71.3 Å². The van der Waals surface area contributed by atoms with Crippen molar-refractivity contribution in [1.29, 1.82) is 0 Å². The maximum absolute atomic E-state index is 12.8. The van der Waals surface area contributed by atoms with Gasteiger partial charge < -0.3 is 4.90 Å². The SMILES string of the molecule is CCc1ccc(C(=O)N2CCn3c(nc(CN4CCCC4)cc3=O)C2)cn1. The average molecular weight is 367 g/mol. The fraction of sp³-hybridized carbons (Fsp3) is 0.500. The van der Waals surface area contributed by atoms with Gasteiger partial charge in [-0.05, 0) is 44.5 Å². The van der Waals surface area contributed by atoms with Crippen LogP contribution in [0.15, 0.2) is 29.2 Å². The molecular weight excluding hydrogens is 342 g/mol. The number of fused-ring (bicyclic) bond motifs is 1. The molecule has 0 spiro atoms. The van der Waals surface area contributed by atoms with Crippen LogP contribution in [0.4, 0.5) is 0 Å². The fourth-order valence-corrected chi connectivity index (χ4v) is 3.80. The predicted octanol–water partition coefficient (Wildman–Crippen LogP) is 1.45. The highest BCUT2D eigenvalue weighted by molar-refractivity contribution is 5.93. The summed E-state index contributed by atoms with van der Waals surface area (Å²) >= 11 is 0. The standard InChI is InChI=1S/C20H25N5O2/c1-2-16-6-5-15(12-21-16)20(27)24-9-10-25-18(14-24)22-17(11-19(25)26)13-23-7-3-4-8-23/h5-6,11-12H,2-4,7-10,13-14H2,1H3. The van der Waals surface area contributed by atoms with Crippen LogP contribution in [0.5, 0.6) is 0 Å². The Morgan fingerprint density at radius 2 is 1.93 bits per heavy atom. The van der Waals surface area contributed by atoms with E-state index in [1.807, 2.05) is 19.1 Å². The summed E-state index contributed by atoms with van der Waals surface area (Å²) in [6, 6.07) is 5.36. The molecule has 2 aromatic heterocycles. The van der Waals surface area contributed by atoms with E-state index in [0.29, 0.717) is 37.6 Å². The Morgan fingerprint density at radius 1 is 1.11 bits per heavy atom. The molecule has 0 saturated carbocycles. The number of rotatable bonds is 4. The number of carbonyl (C=O) groups is 1. The Labute approximate surface area is 158 Å². The van der Waals surface area contributed by atoms with Crippen LogP contribution in [-0.2, 0) is 26.1 Å². The molecule has 2 aromatic rings. The van der Waals surface area contributed by atoms with Crippen molar-refractivity contribution < 1.29 is 4.79 Å². The minimum atomic E-state index is -0.0596. The van der Waals surface area contributed by atoms with E-state index in [-0.39, 0.29) is 11.5 Å². The van der Waals surface area contributed by atoms with E-state index in [4.69, 9.17) is 4.98 Å². The maximum atomic E-state index is 12.8. The molecule has 2 aliphatic heterocycles. The number of hydrogen-bond donors (Lipinski definition) is 0. The van der Waals surface area contributed by atoms with Crippen LogP contribution >= 0.6 is 0 Å². The predicted molar refractivity (Wildman–Crippen MR) is 101 cm³/mol. The van der Waals surface area contributed by atoms with Gasteiger partial charge in [0.2, 0.25) is 0 Å². The molecule has 0 aromatic carbocycles. The van der Waals surface area contributed by atoms with Gasteiger partial charge in [0.25, 0.3) is 11.5 Å². The van der Waals surface area contributed by atoms with Crippen LogP contribution in [0.1, 0.15) is 47.3 Å². The quantitative estimate of drug-likeness (QED) is 0.818. The third kappa shape index (κ3) is 3.78. The van der Waals surface area contributed by atoms with Crippen LogP contribution < -0.4 is 5.56 Å². The number of nitrogens with zero attached hydrogens (tertiary/aromatic N) is 5. The highest BCUT2D eigenvalue weighted by Crippen LogP contribution is 2.15. The molecule has 142 valence electrons. The molecule has 0 aliphatic carbocycles. The average Bonchev–Trinajstić information content (AvgIpc) is 3.20. The molecule has 0 unspecified atom stereocenters. The molecule has 0 atom stereocenters. The lowest BCUT2D eigenvalue weighted by Gasteiger charge is -2.29. The maximum Gasteiger partial charge on any atom is 0.255 e. The van der Waals surface area contributed by atoms with Crippen LogP contribution in [0.3, 0.4) is 0 Å². The van der Waals surface area contributed by atoms with Gasteiger partial charge in [-0.15, -0.1) is 0 Å². The molecule has 0 N–H and O–H groups in total. The van der Waals surface area contributed by atoms with E-state index >= 15 is 0 Å². The Bertz CT molecular complexity index is 884.